The Hall–Kier alpha value is -2.94. The van der Waals surface area contributed by atoms with Gasteiger partial charge in [-0.3, -0.25) is 9.59 Å². The highest BCUT2D eigenvalue weighted by atomic mass is 32.2. The van der Waals surface area contributed by atoms with Crippen molar-refractivity contribution in [2.24, 2.45) is 0 Å². The Morgan fingerprint density at radius 3 is 2.64 bits per heavy atom. The van der Waals surface area contributed by atoms with Crippen LogP contribution in [0.3, 0.4) is 0 Å². The number of aromatic nitrogens is 5. The van der Waals surface area contributed by atoms with Crippen LogP contribution in [-0.4, -0.2) is 36.9 Å². The summed E-state index contributed by atoms with van der Waals surface area (Å²) < 4.78 is 1.75. The molecule has 0 atom stereocenters. The van der Waals surface area contributed by atoms with Crippen LogP contribution in [0.2, 0.25) is 0 Å². The molecule has 2 heterocycles. The minimum Gasteiger partial charge on any atom is -0.352 e. The van der Waals surface area contributed by atoms with E-state index in [0.717, 1.165) is 11.1 Å². The largest absolute Gasteiger partial charge is 0.352 e. The summed E-state index contributed by atoms with van der Waals surface area (Å²) in [6.45, 7) is 2.90. The average molecular weight is 398 g/mol. The number of rotatable bonds is 8. The third-order valence-corrected chi connectivity index (χ3v) is 4.90. The first-order valence-corrected chi connectivity index (χ1v) is 10.1. The van der Waals surface area contributed by atoms with E-state index < -0.39 is 0 Å². The summed E-state index contributed by atoms with van der Waals surface area (Å²) in [5, 5.41) is 7.56. The number of hydrogen-bond acceptors (Lipinski definition) is 6. The van der Waals surface area contributed by atoms with Crippen molar-refractivity contribution in [3.63, 3.8) is 0 Å². The second-order valence-electron chi connectivity index (χ2n) is 6.33. The number of carbonyl (C=O) groups is 1. The quantitative estimate of drug-likeness (QED) is 0.442. The fourth-order valence-electron chi connectivity index (χ4n) is 2.77. The molecule has 8 nitrogen and oxygen atoms in total. The number of nitrogens with zero attached hydrogens (tertiary/aromatic N) is 4. The van der Waals surface area contributed by atoms with Crippen LogP contribution in [0.1, 0.15) is 28.8 Å². The lowest BCUT2D eigenvalue weighted by molar-refractivity contribution is -0.121. The van der Waals surface area contributed by atoms with Gasteiger partial charge in [0, 0.05) is 24.2 Å². The Labute approximate surface area is 166 Å². The Morgan fingerprint density at radius 2 is 2.00 bits per heavy atom. The number of amides is 1. The van der Waals surface area contributed by atoms with Gasteiger partial charge in [-0.25, -0.2) is 14.6 Å². The van der Waals surface area contributed by atoms with Crippen molar-refractivity contribution < 1.29 is 4.79 Å². The van der Waals surface area contributed by atoms with Gasteiger partial charge in [-0.15, -0.1) is 0 Å². The van der Waals surface area contributed by atoms with Crippen LogP contribution in [0.5, 0.6) is 0 Å². The van der Waals surface area contributed by atoms with E-state index in [-0.39, 0.29) is 17.9 Å². The van der Waals surface area contributed by atoms with E-state index in [1.165, 1.54) is 18.1 Å². The number of nitrogens with one attached hydrogen (secondary N) is 2. The van der Waals surface area contributed by atoms with E-state index in [2.05, 4.69) is 25.4 Å². The topological polar surface area (TPSA) is 106 Å². The molecule has 0 bridgehead atoms. The van der Waals surface area contributed by atoms with Gasteiger partial charge in [-0.2, -0.15) is 5.10 Å². The maximum absolute atomic E-state index is 12.1. The van der Waals surface area contributed by atoms with Gasteiger partial charge in [0.15, 0.2) is 5.16 Å². The van der Waals surface area contributed by atoms with E-state index in [0.29, 0.717) is 35.9 Å². The van der Waals surface area contributed by atoms with Crippen molar-refractivity contribution in [3.05, 3.63) is 69.7 Å². The van der Waals surface area contributed by atoms with Crippen molar-refractivity contribution in [2.45, 2.75) is 38.0 Å². The summed E-state index contributed by atoms with van der Waals surface area (Å²) in [4.78, 5) is 35.2. The molecule has 1 amide bonds. The van der Waals surface area contributed by atoms with Crippen molar-refractivity contribution in [1.29, 1.82) is 0 Å². The molecular formula is C19H22N6O2S. The summed E-state index contributed by atoms with van der Waals surface area (Å²) in [6.07, 6.45) is 5.64. The van der Waals surface area contributed by atoms with E-state index in [1.54, 1.807) is 17.9 Å². The maximum Gasteiger partial charge on any atom is 0.254 e. The monoisotopic (exact) mass is 398 g/mol. The minimum atomic E-state index is -0.173. The standard InChI is InChI=1S/C19H22N6O2S/c1-13-16(18(27)24-19(23-13)28-2)7-8-17(26)21-9-14-3-5-15(6-4-14)10-25-12-20-11-22-25/h3-6,11-12H,7-10H2,1-2H3,(H,21,26)(H,23,24,27). The Bertz CT molecular complexity index is 983. The number of aryl methyl sites for hydroxylation is 1. The average Bonchev–Trinajstić information content (AvgIpc) is 3.19. The molecule has 0 fully saturated rings. The van der Waals surface area contributed by atoms with Crippen LogP contribution in [0.15, 0.2) is 46.9 Å². The van der Waals surface area contributed by atoms with E-state index >= 15 is 0 Å². The van der Waals surface area contributed by atoms with Crippen LogP contribution in [-0.2, 0) is 24.3 Å². The van der Waals surface area contributed by atoms with E-state index in [4.69, 9.17) is 0 Å². The zero-order valence-electron chi connectivity index (χ0n) is 15.8. The van der Waals surface area contributed by atoms with Crippen molar-refractivity contribution in [3.8, 4) is 0 Å². The van der Waals surface area contributed by atoms with Crippen LogP contribution in [0.4, 0.5) is 0 Å². The van der Waals surface area contributed by atoms with Gasteiger partial charge in [-0.05, 0) is 30.7 Å². The molecule has 146 valence electrons. The molecule has 0 aliphatic rings. The van der Waals surface area contributed by atoms with Crippen LogP contribution in [0.25, 0.3) is 0 Å². The fourth-order valence-corrected chi connectivity index (χ4v) is 3.19. The molecule has 0 saturated carbocycles. The van der Waals surface area contributed by atoms with Crippen molar-refractivity contribution in [1.82, 2.24) is 30.0 Å². The lowest BCUT2D eigenvalue weighted by atomic mass is 10.1. The Balaban J connectivity index is 1.49. The molecule has 28 heavy (non-hydrogen) atoms. The molecule has 0 aliphatic carbocycles. The highest BCUT2D eigenvalue weighted by Crippen LogP contribution is 2.10. The number of aromatic amines is 1. The van der Waals surface area contributed by atoms with Gasteiger partial charge < -0.3 is 10.3 Å². The third-order valence-electron chi connectivity index (χ3n) is 4.32. The predicted octanol–water partition coefficient (Wildman–Crippen LogP) is 1.69. The zero-order chi connectivity index (χ0) is 19.9. The summed E-state index contributed by atoms with van der Waals surface area (Å²) >= 11 is 1.38. The Kier molecular flexibility index (Phi) is 6.59. The van der Waals surface area contributed by atoms with Crippen LogP contribution in [0, 0.1) is 6.92 Å². The van der Waals surface area contributed by atoms with Crippen LogP contribution < -0.4 is 10.9 Å². The molecule has 2 N–H and O–H groups in total. The summed E-state index contributed by atoms with van der Waals surface area (Å²) in [5.74, 6) is -0.0977. The third kappa shape index (κ3) is 5.29. The smallest absolute Gasteiger partial charge is 0.254 e. The van der Waals surface area contributed by atoms with E-state index in [1.807, 2.05) is 30.5 Å². The lowest BCUT2D eigenvalue weighted by Crippen LogP contribution is -2.25. The highest BCUT2D eigenvalue weighted by Gasteiger charge is 2.10. The number of benzene rings is 1. The molecule has 9 heteroatoms. The van der Waals surface area contributed by atoms with Crippen molar-refractivity contribution in [2.75, 3.05) is 6.26 Å². The molecule has 2 aromatic heterocycles. The van der Waals surface area contributed by atoms with Crippen molar-refractivity contribution >= 4 is 17.7 Å². The molecule has 3 aromatic rings. The highest BCUT2D eigenvalue weighted by molar-refractivity contribution is 7.98. The van der Waals surface area contributed by atoms with Gasteiger partial charge >= 0.3 is 0 Å². The molecule has 3 rings (SSSR count). The Morgan fingerprint density at radius 1 is 1.25 bits per heavy atom. The SMILES string of the molecule is CSc1nc(C)c(CCC(=O)NCc2ccc(Cn3cncn3)cc2)c(=O)[nH]1. The summed E-state index contributed by atoms with van der Waals surface area (Å²) in [6, 6.07) is 7.97. The maximum atomic E-state index is 12.1. The minimum absolute atomic E-state index is 0.0977. The van der Waals surface area contributed by atoms with Gasteiger partial charge in [0.1, 0.15) is 12.7 Å². The zero-order valence-corrected chi connectivity index (χ0v) is 16.6. The first kappa shape index (κ1) is 19.8. The summed E-state index contributed by atoms with van der Waals surface area (Å²) in [7, 11) is 0. The second kappa shape index (κ2) is 9.32. The predicted molar refractivity (Wildman–Crippen MR) is 107 cm³/mol. The van der Waals surface area contributed by atoms with Gasteiger partial charge in [0.25, 0.3) is 5.56 Å². The van der Waals surface area contributed by atoms with Crippen LogP contribution >= 0.6 is 11.8 Å². The first-order valence-electron chi connectivity index (χ1n) is 8.86. The molecule has 0 saturated heterocycles. The second-order valence-corrected chi connectivity index (χ2v) is 7.12. The first-order chi connectivity index (χ1) is 13.5. The normalized spacial score (nSPS) is 10.8. The molecule has 0 radical (unpaired) electrons. The molecule has 0 aliphatic heterocycles. The van der Waals surface area contributed by atoms with Gasteiger partial charge in [0.2, 0.25) is 5.91 Å². The summed E-state index contributed by atoms with van der Waals surface area (Å²) in [5.41, 5.74) is 3.18. The number of H-pyrrole nitrogens is 1. The molecule has 0 spiro atoms. The van der Waals surface area contributed by atoms with Gasteiger partial charge in [0.05, 0.1) is 6.54 Å². The van der Waals surface area contributed by atoms with Gasteiger partial charge in [-0.1, -0.05) is 36.0 Å². The fraction of sp³-hybridized carbons (Fsp3) is 0.316. The number of hydrogen-bond donors (Lipinski definition) is 2. The molecule has 1 aromatic carbocycles. The molecular weight excluding hydrogens is 376 g/mol. The number of thioether (sulfide) groups is 1. The lowest BCUT2D eigenvalue weighted by Gasteiger charge is -2.08. The number of carbonyl (C=O) groups excluding carboxylic acids is 1. The van der Waals surface area contributed by atoms with E-state index in [9.17, 15) is 9.59 Å². The molecule has 0 unspecified atom stereocenters.